The van der Waals surface area contributed by atoms with Crippen LogP contribution in [0, 0.1) is 20.2 Å². The molecule has 2 amide bonds. The first-order valence-electron chi connectivity index (χ1n) is 11.8. The molecule has 3 atom stereocenters. The van der Waals surface area contributed by atoms with Crippen molar-refractivity contribution < 1.29 is 28.9 Å². The molecule has 0 aliphatic carbocycles. The normalized spacial score (nSPS) is 21.1. The Morgan fingerprint density at radius 3 is 1.95 bits per heavy atom. The van der Waals surface area contributed by atoms with E-state index in [0.717, 1.165) is 0 Å². The highest BCUT2D eigenvalue weighted by molar-refractivity contribution is 8.00. The van der Waals surface area contributed by atoms with Crippen LogP contribution in [0.3, 0.4) is 0 Å². The van der Waals surface area contributed by atoms with E-state index in [1.54, 1.807) is 45.8 Å². The molecule has 14 heteroatoms. The highest BCUT2D eigenvalue weighted by Gasteiger charge is 2.42. The van der Waals surface area contributed by atoms with Gasteiger partial charge in [-0.25, -0.2) is 9.59 Å². The van der Waals surface area contributed by atoms with Crippen molar-refractivity contribution in [3.63, 3.8) is 0 Å². The molecule has 0 aromatic heterocycles. The Morgan fingerprint density at radius 2 is 1.42 bits per heavy atom. The zero-order valence-corrected chi connectivity index (χ0v) is 21.9. The molecule has 2 fully saturated rings. The monoisotopic (exact) mass is 562 g/mol. The van der Waals surface area contributed by atoms with E-state index in [2.05, 4.69) is 12.6 Å². The molecule has 2 aromatic carbocycles. The van der Waals surface area contributed by atoms with Crippen LogP contribution in [-0.4, -0.2) is 73.8 Å². The number of benzene rings is 2. The molecule has 12 nitrogen and oxygen atoms in total. The lowest BCUT2D eigenvalue weighted by Gasteiger charge is -2.37. The zero-order chi connectivity index (χ0) is 27.2. The van der Waals surface area contributed by atoms with Crippen LogP contribution >= 0.6 is 24.4 Å². The maximum atomic E-state index is 12.9. The number of rotatable bonds is 7. The zero-order valence-electron chi connectivity index (χ0n) is 20.2. The van der Waals surface area contributed by atoms with Crippen molar-refractivity contribution >= 4 is 48.0 Å². The topological polar surface area (TPSA) is 145 Å². The third kappa shape index (κ3) is 6.86. The van der Waals surface area contributed by atoms with Gasteiger partial charge >= 0.3 is 12.2 Å². The Morgan fingerprint density at radius 1 is 0.895 bits per heavy atom. The average molecular weight is 563 g/mol. The Labute approximate surface area is 228 Å². The summed E-state index contributed by atoms with van der Waals surface area (Å²) in [5, 5.41) is 21.5. The number of nitrogens with zero attached hydrogens (tertiary/aromatic N) is 4. The molecule has 1 unspecified atom stereocenters. The van der Waals surface area contributed by atoms with Gasteiger partial charge in [-0.2, -0.15) is 24.4 Å². The van der Waals surface area contributed by atoms with Crippen LogP contribution in [0.25, 0.3) is 0 Å². The van der Waals surface area contributed by atoms with Gasteiger partial charge < -0.3 is 19.3 Å². The molecule has 2 aromatic rings. The molecule has 2 heterocycles. The molecular formula is C24H26N4O8S2. The Kier molecular flexibility index (Phi) is 8.94. The molecule has 2 aliphatic rings. The predicted molar refractivity (Wildman–Crippen MR) is 142 cm³/mol. The number of thiol groups is 1. The highest BCUT2D eigenvalue weighted by Crippen LogP contribution is 2.33. The minimum Gasteiger partial charge on any atom is -0.445 e. The van der Waals surface area contributed by atoms with E-state index in [1.165, 1.54) is 24.3 Å². The third-order valence-electron chi connectivity index (χ3n) is 6.36. The summed E-state index contributed by atoms with van der Waals surface area (Å²) in [7, 11) is 0. The summed E-state index contributed by atoms with van der Waals surface area (Å²) in [5.41, 5.74) is 1.20. The molecule has 0 spiro atoms. The Bertz CT molecular complexity index is 1180. The van der Waals surface area contributed by atoms with Gasteiger partial charge in [-0.05, 0) is 41.8 Å². The van der Waals surface area contributed by atoms with Crippen molar-refractivity contribution in [1.29, 1.82) is 0 Å². The fourth-order valence-electron chi connectivity index (χ4n) is 4.37. The van der Waals surface area contributed by atoms with Crippen LogP contribution in [0.15, 0.2) is 48.5 Å². The van der Waals surface area contributed by atoms with Crippen molar-refractivity contribution in [3.8, 4) is 0 Å². The SMILES string of the molecule is O=C(OCc1ccc([N+](=O)[O-])cc1)N1CCSC([C@@H]2C[C@H](S)CN2C(=O)OCc2ccc([N+](=O)[O-])cc2)C1. The minimum atomic E-state index is -0.497. The molecule has 0 N–H and O–H groups in total. The summed E-state index contributed by atoms with van der Waals surface area (Å²) in [5.74, 6) is 0.677. The van der Waals surface area contributed by atoms with Crippen LogP contribution in [0.2, 0.25) is 0 Å². The van der Waals surface area contributed by atoms with Crippen molar-refractivity contribution in [1.82, 2.24) is 9.80 Å². The molecule has 202 valence electrons. The van der Waals surface area contributed by atoms with Gasteiger partial charge in [0, 0.05) is 66.2 Å². The second kappa shape index (κ2) is 12.3. The van der Waals surface area contributed by atoms with E-state index in [9.17, 15) is 29.8 Å². The van der Waals surface area contributed by atoms with E-state index < -0.39 is 22.0 Å². The number of amides is 2. The van der Waals surface area contributed by atoms with Crippen molar-refractivity contribution in [3.05, 3.63) is 79.9 Å². The lowest BCUT2D eigenvalue weighted by molar-refractivity contribution is -0.385. The maximum Gasteiger partial charge on any atom is 0.410 e. The van der Waals surface area contributed by atoms with Gasteiger partial charge in [0.1, 0.15) is 13.2 Å². The number of hydrogen-bond donors (Lipinski definition) is 1. The fraction of sp³-hybridized carbons (Fsp3) is 0.417. The molecule has 0 saturated carbocycles. The third-order valence-corrected chi connectivity index (χ3v) is 8.04. The Balaban J connectivity index is 1.31. The lowest BCUT2D eigenvalue weighted by atomic mass is 10.1. The summed E-state index contributed by atoms with van der Waals surface area (Å²) in [6, 6.07) is 11.4. The molecule has 2 saturated heterocycles. The van der Waals surface area contributed by atoms with E-state index in [-0.39, 0.29) is 41.1 Å². The predicted octanol–water partition coefficient (Wildman–Crippen LogP) is 4.27. The molecule has 0 radical (unpaired) electrons. The second-order valence-electron chi connectivity index (χ2n) is 8.92. The van der Waals surface area contributed by atoms with Crippen LogP contribution in [0.1, 0.15) is 17.5 Å². The first-order valence-corrected chi connectivity index (χ1v) is 13.4. The standard InChI is InChI=1S/C24H26N4O8S2/c29-23(35-14-16-1-5-18(6-2-16)27(31)32)25-9-10-38-22(13-25)21-11-20(37)12-26(21)24(30)36-15-17-3-7-19(8-4-17)28(33)34/h1-8,20-22,37H,9-15H2/t20-,21-,22?/m0/s1. The molecule has 0 bridgehead atoms. The molecule has 2 aliphatic heterocycles. The van der Waals surface area contributed by atoms with Gasteiger partial charge in [0.15, 0.2) is 0 Å². The first-order chi connectivity index (χ1) is 18.2. The minimum absolute atomic E-state index is 0.00558. The number of thioether (sulfide) groups is 1. The van der Waals surface area contributed by atoms with Crippen molar-refractivity contribution in [2.24, 2.45) is 0 Å². The summed E-state index contributed by atoms with van der Waals surface area (Å²) in [4.78, 5) is 49.6. The van der Waals surface area contributed by atoms with Gasteiger partial charge in [0.2, 0.25) is 0 Å². The van der Waals surface area contributed by atoms with Crippen LogP contribution in [-0.2, 0) is 22.7 Å². The number of nitro groups is 2. The van der Waals surface area contributed by atoms with Gasteiger partial charge in [-0.3, -0.25) is 20.2 Å². The van der Waals surface area contributed by atoms with Gasteiger partial charge in [0.05, 0.1) is 9.85 Å². The number of nitro benzene ring substituents is 2. The highest BCUT2D eigenvalue weighted by atomic mass is 32.2. The summed E-state index contributed by atoms with van der Waals surface area (Å²) in [6.07, 6.45) is -0.330. The number of ether oxygens (including phenoxy) is 2. The van der Waals surface area contributed by atoms with Crippen LogP contribution in [0.5, 0.6) is 0 Å². The van der Waals surface area contributed by atoms with E-state index in [0.29, 0.717) is 42.9 Å². The number of likely N-dealkylation sites (tertiary alicyclic amines) is 1. The number of non-ortho nitro benzene ring substituents is 2. The van der Waals surface area contributed by atoms with E-state index in [4.69, 9.17) is 9.47 Å². The summed E-state index contributed by atoms with van der Waals surface area (Å²) in [6.45, 7) is 1.28. The molecule has 38 heavy (non-hydrogen) atoms. The van der Waals surface area contributed by atoms with Crippen molar-refractivity contribution in [2.75, 3.05) is 25.4 Å². The number of carbonyl (C=O) groups is 2. The smallest absolute Gasteiger partial charge is 0.410 e. The van der Waals surface area contributed by atoms with Gasteiger partial charge in [-0.1, -0.05) is 0 Å². The summed E-state index contributed by atoms with van der Waals surface area (Å²) >= 11 is 6.26. The lowest BCUT2D eigenvalue weighted by Crippen LogP contribution is -2.50. The number of carbonyl (C=O) groups excluding carboxylic acids is 2. The maximum absolute atomic E-state index is 12.9. The molecule has 4 rings (SSSR count). The van der Waals surface area contributed by atoms with Crippen LogP contribution in [0.4, 0.5) is 21.0 Å². The van der Waals surface area contributed by atoms with Gasteiger partial charge in [-0.15, -0.1) is 0 Å². The van der Waals surface area contributed by atoms with Crippen molar-refractivity contribution in [2.45, 2.75) is 36.2 Å². The largest absolute Gasteiger partial charge is 0.445 e. The van der Waals surface area contributed by atoms with E-state index in [1.807, 2.05) is 0 Å². The first kappa shape index (κ1) is 27.5. The van der Waals surface area contributed by atoms with E-state index >= 15 is 0 Å². The van der Waals surface area contributed by atoms with Crippen LogP contribution < -0.4 is 0 Å². The average Bonchev–Trinajstić information content (AvgIpc) is 3.32. The second-order valence-corrected chi connectivity index (χ2v) is 11.0. The quantitative estimate of drug-likeness (QED) is 0.297. The Hall–Kier alpha value is -3.52. The number of hydrogen-bond acceptors (Lipinski definition) is 10. The van der Waals surface area contributed by atoms with Gasteiger partial charge in [0.25, 0.3) is 11.4 Å². The molecular weight excluding hydrogens is 536 g/mol. The fourth-order valence-corrected chi connectivity index (χ4v) is 6.16. The summed E-state index contributed by atoms with van der Waals surface area (Å²) < 4.78 is 10.9.